The largest absolute Gasteiger partial charge is 0.319 e. The third-order valence-corrected chi connectivity index (χ3v) is 1.53. The summed E-state index contributed by atoms with van der Waals surface area (Å²) < 4.78 is 25.0. The number of nitrogens with one attached hydrogen (secondary N) is 1. The number of rotatable bonds is 2. The number of nitrogens with zero attached hydrogens (tertiary/aromatic N) is 1. The fourth-order valence-electron chi connectivity index (χ4n) is 0.842. The van der Waals surface area contributed by atoms with E-state index in [1.54, 1.807) is 0 Å². The van der Waals surface area contributed by atoms with Crippen LogP contribution in [-0.4, -0.2) is 18.6 Å². The lowest BCUT2D eigenvalue weighted by Crippen LogP contribution is -2.05. The van der Waals surface area contributed by atoms with Gasteiger partial charge in [-0.05, 0) is 13.1 Å². The lowest BCUT2D eigenvalue weighted by Gasteiger charge is -1.92. The molecule has 1 rings (SSSR count). The summed E-state index contributed by atoms with van der Waals surface area (Å²) in [5.74, 6) is 3.44. The quantitative estimate of drug-likeness (QED) is 0.438. The lowest BCUT2D eigenvalue weighted by molar-refractivity contribution is 0.479. The van der Waals surface area contributed by atoms with Crippen molar-refractivity contribution in [3.8, 4) is 11.8 Å². The number of hydrogen-bond acceptors (Lipinski definition) is 2. The van der Waals surface area contributed by atoms with Crippen LogP contribution in [0.15, 0.2) is 12.3 Å². The Morgan fingerprint density at radius 1 is 1.50 bits per heavy atom. The maximum Gasteiger partial charge on any atom is 0.248 e. The predicted molar refractivity (Wildman–Crippen MR) is 49.6 cm³/mol. The number of halogens is 2. The number of aromatic nitrogens is 1. The van der Waals surface area contributed by atoms with Gasteiger partial charge in [0.25, 0.3) is 0 Å². The predicted octanol–water partition coefficient (Wildman–Crippen LogP) is 1.32. The van der Waals surface area contributed by atoms with Gasteiger partial charge in [0.2, 0.25) is 5.95 Å². The molecule has 0 saturated carbocycles. The van der Waals surface area contributed by atoms with Crippen LogP contribution in [0.2, 0.25) is 0 Å². The Morgan fingerprint density at radius 3 is 2.93 bits per heavy atom. The Balaban J connectivity index is 2.66. The third kappa shape index (κ3) is 3.11. The summed E-state index contributed by atoms with van der Waals surface area (Å²) in [4.78, 5) is 3.22. The molecule has 4 heteroatoms. The van der Waals surface area contributed by atoms with Gasteiger partial charge in [0.05, 0.1) is 0 Å². The molecule has 1 aromatic rings. The topological polar surface area (TPSA) is 24.9 Å². The minimum Gasteiger partial charge on any atom is -0.319 e. The van der Waals surface area contributed by atoms with Gasteiger partial charge >= 0.3 is 0 Å². The van der Waals surface area contributed by atoms with E-state index in [1.165, 1.54) is 6.20 Å². The first-order chi connectivity index (χ1) is 6.74. The SMILES string of the molecule is CNCCC#Cc1cnc(F)c(F)c1. The van der Waals surface area contributed by atoms with Crippen LogP contribution in [0, 0.1) is 23.6 Å². The van der Waals surface area contributed by atoms with Gasteiger partial charge in [0, 0.05) is 24.7 Å². The van der Waals surface area contributed by atoms with Crippen LogP contribution in [0.5, 0.6) is 0 Å². The fourth-order valence-corrected chi connectivity index (χ4v) is 0.842. The monoisotopic (exact) mass is 196 g/mol. The van der Waals surface area contributed by atoms with E-state index in [4.69, 9.17) is 0 Å². The molecular weight excluding hydrogens is 186 g/mol. The summed E-state index contributed by atoms with van der Waals surface area (Å²) in [6.07, 6.45) is 1.88. The highest BCUT2D eigenvalue weighted by molar-refractivity contribution is 5.31. The molecule has 1 heterocycles. The maximum absolute atomic E-state index is 12.6. The van der Waals surface area contributed by atoms with Crippen molar-refractivity contribution in [2.75, 3.05) is 13.6 Å². The standard InChI is InChI=1S/C10H10F2N2/c1-13-5-3-2-4-8-6-9(11)10(12)14-7-8/h6-7,13H,3,5H2,1H3. The lowest BCUT2D eigenvalue weighted by atomic mass is 10.2. The zero-order valence-electron chi connectivity index (χ0n) is 7.77. The van der Waals surface area contributed by atoms with Crippen molar-refractivity contribution in [2.24, 2.45) is 0 Å². The molecule has 0 amide bonds. The maximum atomic E-state index is 12.6. The molecule has 0 bridgehead atoms. The van der Waals surface area contributed by atoms with Crippen LogP contribution >= 0.6 is 0 Å². The first-order valence-corrected chi connectivity index (χ1v) is 4.18. The van der Waals surface area contributed by atoms with E-state index < -0.39 is 11.8 Å². The van der Waals surface area contributed by atoms with Gasteiger partial charge < -0.3 is 5.32 Å². The summed E-state index contributed by atoms with van der Waals surface area (Å²) in [6, 6.07) is 1.04. The molecule has 74 valence electrons. The van der Waals surface area contributed by atoms with Crippen molar-refractivity contribution in [3.63, 3.8) is 0 Å². The highest BCUT2D eigenvalue weighted by atomic mass is 19.2. The Kier molecular flexibility index (Phi) is 4.02. The molecule has 14 heavy (non-hydrogen) atoms. The normalized spacial score (nSPS) is 9.36. The third-order valence-electron chi connectivity index (χ3n) is 1.53. The zero-order valence-corrected chi connectivity index (χ0v) is 7.77. The summed E-state index contributed by atoms with van der Waals surface area (Å²) in [5.41, 5.74) is 0.389. The Hall–Kier alpha value is -1.47. The smallest absolute Gasteiger partial charge is 0.248 e. The minimum absolute atomic E-state index is 0.389. The van der Waals surface area contributed by atoms with E-state index in [9.17, 15) is 8.78 Å². The summed E-state index contributed by atoms with van der Waals surface area (Å²) >= 11 is 0. The van der Waals surface area contributed by atoms with E-state index >= 15 is 0 Å². The van der Waals surface area contributed by atoms with Crippen molar-refractivity contribution in [3.05, 3.63) is 29.6 Å². The van der Waals surface area contributed by atoms with Gasteiger partial charge in [-0.2, -0.15) is 4.39 Å². The summed E-state index contributed by atoms with van der Waals surface area (Å²) in [5, 5.41) is 2.92. The zero-order chi connectivity index (χ0) is 10.4. The summed E-state index contributed by atoms with van der Waals surface area (Å²) in [6.45, 7) is 0.768. The molecule has 0 fully saturated rings. The van der Waals surface area contributed by atoms with Crippen LogP contribution in [0.1, 0.15) is 12.0 Å². The van der Waals surface area contributed by atoms with E-state index in [1.807, 2.05) is 7.05 Å². The van der Waals surface area contributed by atoms with Crippen molar-refractivity contribution < 1.29 is 8.78 Å². The van der Waals surface area contributed by atoms with Crippen LogP contribution in [-0.2, 0) is 0 Å². The Bertz CT molecular complexity index is 366. The Morgan fingerprint density at radius 2 is 2.29 bits per heavy atom. The van der Waals surface area contributed by atoms with Crippen LogP contribution < -0.4 is 5.32 Å². The average molecular weight is 196 g/mol. The molecule has 0 aliphatic rings. The fraction of sp³-hybridized carbons (Fsp3) is 0.300. The van der Waals surface area contributed by atoms with E-state index in [2.05, 4.69) is 22.1 Å². The van der Waals surface area contributed by atoms with E-state index in [0.717, 1.165) is 12.6 Å². The van der Waals surface area contributed by atoms with E-state index in [0.29, 0.717) is 12.0 Å². The highest BCUT2D eigenvalue weighted by Crippen LogP contribution is 2.03. The molecular formula is C10H10F2N2. The van der Waals surface area contributed by atoms with Crippen molar-refractivity contribution in [2.45, 2.75) is 6.42 Å². The highest BCUT2D eigenvalue weighted by Gasteiger charge is 2.01. The number of pyridine rings is 1. The molecule has 0 aromatic carbocycles. The molecule has 1 aromatic heterocycles. The van der Waals surface area contributed by atoms with Gasteiger partial charge in [-0.25, -0.2) is 9.37 Å². The molecule has 1 N–H and O–H groups in total. The second-order valence-corrected chi connectivity index (χ2v) is 2.65. The molecule has 0 atom stereocenters. The molecule has 0 unspecified atom stereocenters. The second-order valence-electron chi connectivity index (χ2n) is 2.65. The second kappa shape index (κ2) is 5.30. The molecule has 0 aliphatic carbocycles. The Labute approximate surface area is 81.4 Å². The van der Waals surface area contributed by atoms with Crippen molar-refractivity contribution >= 4 is 0 Å². The van der Waals surface area contributed by atoms with Crippen LogP contribution in [0.25, 0.3) is 0 Å². The van der Waals surface area contributed by atoms with Gasteiger partial charge in [-0.1, -0.05) is 11.8 Å². The minimum atomic E-state index is -1.09. The summed E-state index contributed by atoms with van der Waals surface area (Å²) in [7, 11) is 1.82. The van der Waals surface area contributed by atoms with Gasteiger partial charge in [0.1, 0.15) is 0 Å². The first-order valence-electron chi connectivity index (χ1n) is 4.18. The van der Waals surface area contributed by atoms with Crippen molar-refractivity contribution in [1.29, 1.82) is 0 Å². The molecule has 0 saturated heterocycles. The van der Waals surface area contributed by atoms with Gasteiger partial charge in [0.15, 0.2) is 5.82 Å². The molecule has 0 aliphatic heterocycles. The van der Waals surface area contributed by atoms with Crippen LogP contribution in [0.3, 0.4) is 0 Å². The van der Waals surface area contributed by atoms with Crippen molar-refractivity contribution in [1.82, 2.24) is 10.3 Å². The molecule has 0 radical (unpaired) electrons. The molecule has 2 nitrogen and oxygen atoms in total. The first kappa shape index (κ1) is 10.6. The molecule has 0 spiro atoms. The van der Waals surface area contributed by atoms with Crippen LogP contribution in [0.4, 0.5) is 8.78 Å². The van der Waals surface area contributed by atoms with E-state index in [-0.39, 0.29) is 0 Å². The van der Waals surface area contributed by atoms with Gasteiger partial charge in [-0.3, -0.25) is 0 Å². The van der Waals surface area contributed by atoms with Gasteiger partial charge in [-0.15, -0.1) is 0 Å². The average Bonchev–Trinajstić information content (AvgIpc) is 2.18. The number of hydrogen-bond donors (Lipinski definition) is 1.